The first-order valence-corrected chi connectivity index (χ1v) is 6.97. The molecule has 18 heavy (non-hydrogen) atoms. The van der Waals surface area contributed by atoms with Crippen LogP contribution in [0.4, 0.5) is 4.79 Å². The molecule has 0 aromatic carbocycles. The molecule has 3 rings (SSSR count). The Hall–Kier alpha value is -1.10. The molecular formula is C13H15BrN2O2. The van der Waals surface area contributed by atoms with Crippen LogP contribution in [0, 0.1) is 0 Å². The van der Waals surface area contributed by atoms with Crippen LogP contribution >= 0.6 is 15.9 Å². The number of pyridine rings is 1. The van der Waals surface area contributed by atoms with Gasteiger partial charge < -0.3 is 9.64 Å². The summed E-state index contributed by atoms with van der Waals surface area (Å²) < 4.78 is 5.73. The van der Waals surface area contributed by atoms with E-state index in [1.165, 1.54) is 12.7 Å². The second-order valence-electron chi connectivity index (χ2n) is 4.93. The Balaban J connectivity index is 1.85. The second-order valence-corrected chi connectivity index (χ2v) is 5.74. The lowest BCUT2D eigenvalue weighted by atomic mass is 9.85. The maximum Gasteiger partial charge on any atom is 0.410 e. The van der Waals surface area contributed by atoms with Gasteiger partial charge >= 0.3 is 6.09 Å². The lowest BCUT2D eigenvalue weighted by Gasteiger charge is -2.23. The Bertz CT molecular complexity index is 463. The smallest absolute Gasteiger partial charge is 0.410 e. The molecule has 0 N–H and O–H groups in total. The molecule has 1 unspecified atom stereocenters. The summed E-state index contributed by atoms with van der Waals surface area (Å²) in [6.45, 7) is 0. The van der Waals surface area contributed by atoms with Crippen molar-refractivity contribution in [1.29, 1.82) is 0 Å². The summed E-state index contributed by atoms with van der Waals surface area (Å²) in [5, 5.41) is 0. The Morgan fingerprint density at radius 3 is 3.00 bits per heavy atom. The van der Waals surface area contributed by atoms with Crippen LogP contribution < -0.4 is 0 Å². The predicted molar refractivity (Wildman–Crippen MR) is 70.3 cm³/mol. The SMILES string of the molecule is COC(=O)N1[C@H]2CC[C@@H]1C(c1ccc(Br)nc1)C2. The lowest BCUT2D eigenvalue weighted by Crippen LogP contribution is -2.36. The third kappa shape index (κ3) is 1.81. The Kier molecular flexibility index (Phi) is 3.01. The summed E-state index contributed by atoms with van der Waals surface area (Å²) >= 11 is 3.35. The van der Waals surface area contributed by atoms with E-state index in [4.69, 9.17) is 4.74 Å². The molecule has 2 fully saturated rings. The predicted octanol–water partition coefficient (Wildman–Crippen LogP) is 2.93. The Morgan fingerprint density at radius 2 is 2.33 bits per heavy atom. The fourth-order valence-electron chi connectivity index (χ4n) is 3.34. The standard InChI is InChI=1S/C13H15BrN2O2/c1-18-13(17)16-9-3-4-11(16)10(6-9)8-2-5-12(14)15-7-8/h2,5,7,9-11H,3-4,6H2,1H3/t9-,10?,11+/m0/s1. The van der Waals surface area contributed by atoms with Gasteiger partial charge in [-0.25, -0.2) is 9.78 Å². The van der Waals surface area contributed by atoms with Gasteiger partial charge in [0.1, 0.15) is 4.60 Å². The van der Waals surface area contributed by atoms with Gasteiger partial charge in [-0.15, -0.1) is 0 Å². The van der Waals surface area contributed by atoms with Gasteiger partial charge in [-0.3, -0.25) is 0 Å². The number of aromatic nitrogens is 1. The first-order valence-electron chi connectivity index (χ1n) is 6.18. The van der Waals surface area contributed by atoms with Gasteiger partial charge in [-0.2, -0.15) is 0 Å². The molecule has 2 saturated heterocycles. The first-order chi connectivity index (χ1) is 8.70. The number of nitrogens with zero attached hydrogens (tertiary/aromatic N) is 2. The highest BCUT2D eigenvalue weighted by Gasteiger charge is 2.49. The van der Waals surface area contributed by atoms with E-state index >= 15 is 0 Å². The summed E-state index contributed by atoms with van der Waals surface area (Å²) in [5.41, 5.74) is 1.22. The van der Waals surface area contributed by atoms with Crippen LogP contribution in [0.5, 0.6) is 0 Å². The molecule has 3 atom stereocenters. The van der Waals surface area contributed by atoms with Crippen molar-refractivity contribution in [2.75, 3.05) is 7.11 Å². The summed E-state index contributed by atoms with van der Waals surface area (Å²) in [5.74, 6) is 0.406. The van der Waals surface area contributed by atoms with Crippen LogP contribution in [0.2, 0.25) is 0 Å². The zero-order chi connectivity index (χ0) is 12.7. The normalized spacial score (nSPS) is 29.7. The van der Waals surface area contributed by atoms with Gasteiger partial charge in [0.05, 0.1) is 7.11 Å². The van der Waals surface area contributed by atoms with E-state index in [1.54, 1.807) is 0 Å². The molecule has 1 aromatic rings. The molecule has 5 heteroatoms. The molecule has 1 aromatic heterocycles. The van der Waals surface area contributed by atoms with E-state index in [0.29, 0.717) is 12.0 Å². The number of carbonyl (C=O) groups is 1. The van der Waals surface area contributed by atoms with Gasteiger partial charge in [-0.1, -0.05) is 6.07 Å². The molecule has 96 valence electrons. The number of hydrogen-bond acceptors (Lipinski definition) is 3. The van der Waals surface area contributed by atoms with Crippen molar-refractivity contribution in [2.45, 2.75) is 37.3 Å². The van der Waals surface area contributed by atoms with Gasteiger partial charge in [-0.05, 0) is 46.8 Å². The van der Waals surface area contributed by atoms with Gasteiger partial charge in [0.25, 0.3) is 0 Å². The molecule has 0 spiro atoms. The second kappa shape index (κ2) is 4.53. The minimum Gasteiger partial charge on any atom is -0.453 e. The number of ether oxygens (including phenoxy) is 1. The Morgan fingerprint density at radius 1 is 1.50 bits per heavy atom. The molecule has 0 aliphatic carbocycles. The summed E-state index contributed by atoms with van der Waals surface area (Å²) in [6.07, 6.45) is 4.92. The number of carbonyl (C=O) groups excluding carboxylic acids is 1. The third-order valence-electron chi connectivity index (χ3n) is 4.10. The fraction of sp³-hybridized carbons (Fsp3) is 0.538. The summed E-state index contributed by atoms with van der Waals surface area (Å²) in [4.78, 5) is 18.0. The monoisotopic (exact) mass is 310 g/mol. The number of amides is 1. The van der Waals surface area contributed by atoms with Crippen LogP contribution in [0.1, 0.15) is 30.7 Å². The van der Waals surface area contributed by atoms with Crippen LogP contribution in [0.25, 0.3) is 0 Å². The molecule has 2 aliphatic rings. The topological polar surface area (TPSA) is 42.4 Å². The molecule has 1 amide bonds. The van der Waals surface area contributed by atoms with Gasteiger partial charge in [0.15, 0.2) is 0 Å². The van der Waals surface area contributed by atoms with E-state index in [9.17, 15) is 4.79 Å². The molecule has 3 heterocycles. The van der Waals surface area contributed by atoms with Crippen LogP contribution in [0.3, 0.4) is 0 Å². The minimum atomic E-state index is -0.185. The number of halogens is 1. The summed E-state index contributed by atoms with van der Waals surface area (Å²) in [6, 6.07) is 4.68. The first kappa shape index (κ1) is 12.0. The van der Waals surface area contributed by atoms with Crippen molar-refractivity contribution in [3.05, 3.63) is 28.5 Å². The van der Waals surface area contributed by atoms with Crippen LogP contribution in [-0.4, -0.2) is 35.2 Å². The summed E-state index contributed by atoms with van der Waals surface area (Å²) in [7, 11) is 1.45. The highest BCUT2D eigenvalue weighted by Crippen LogP contribution is 2.46. The molecular weight excluding hydrogens is 296 g/mol. The molecule has 0 saturated carbocycles. The van der Waals surface area contributed by atoms with Gasteiger partial charge in [0, 0.05) is 24.2 Å². The zero-order valence-electron chi connectivity index (χ0n) is 10.2. The van der Waals surface area contributed by atoms with Crippen molar-refractivity contribution in [2.24, 2.45) is 0 Å². The van der Waals surface area contributed by atoms with E-state index < -0.39 is 0 Å². The molecule has 2 bridgehead atoms. The average Bonchev–Trinajstić information content (AvgIpc) is 2.96. The quantitative estimate of drug-likeness (QED) is 0.749. The number of fused-ring (bicyclic) bond motifs is 2. The van der Waals surface area contributed by atoms with Crippen molar-refractivity contribution in [1.82, 2.24) is 9.88 Å². The number of rotatable bonds is 1. The minimum absolute atomic E-state index is 0.185. The maximum absolute atomic E-state index is 11.8. The van der Waals surface area contributed by atoms with Crippen molar-refractivity contribution >= 4 is 22.0 Å². The van der Waals surface area contributed by atoms with Crippen molar-refractivity contribution in [3.8, 4) is 0 Å². The molecule has 2 aliphatic heterocycles. The lowest BCUT2D eigenvalue weighted by molar-refractivity contribution is 0.116. The highest BCUT2D eigenvalue weighted by atomic mass is 79.9. The highest BCUT2D eigenvalue weighted by molar-refractivity contribution is 9.10. The van der Waals surface area contributed by atoms with E-state index in [2.05, 4.69) is 27.0 Å². The van der Waals surface area contributed by atoms with E-state index in [1.807, 2.05) is 17.2 Å². The van der Waals surface area contributed by atoms with Crippen LogP contribution in [0.15, 0.2) is 22.9 Å². The van der Waals surface area contributed by atoms with Crippen molar-refractivity contribution < 1.29 is 9.53 Å². The molecule has 4 nitrogen and oxygen atoms in total. The fourth-order valence-corrected chi connectivity index (χ4v) is 3.58. The van der Waals surface area contributed by atoms with E-state index in [0.717, 1.165) is 23.9 Å². The average molecular weight is 311 g/mol. The van der Waals surface area contributed by atoms with Crippen LogP contribution in [-0.2, 0) is 4.74 Å². The molecule has 0 radical (unpaired) electrons. The number of hydrogen-bond donors (Lipinski definition) is 0. The third-order valence-corrected chi connectivity index (χ3v) is 4.57. The van der Waals surface area contributed by atoms with E-state index in [-0.39, 0.29) is 12.1 Å². The Labute approximate surface area is 114 Å². The number of methoxy groups -OCH3 is 1. The largest absolute Gasteiger partial charge is 0.453 e. The van der Waals surface area contributed by atoms with Crippen molar-refractivity contribution in [3.63, 3.8) is 0 Å². The maximum atomic E-state index is 11.8. The zero-order valence-corrected chi connectivity index (χ0v) is 11.8. The van der Waals surface area contributed by atoms with Gasteiger partial charge in [0.2, 0.25) is 0 Å².